The number of benzene rings is 1. The number of nitrogens with zero attached hydrogens (tertiary/aromatic N) is 5. The minimum absolute atomic E-state index is 0.133. The lowest BCUT2D eigenvalue weighted by molar-refractivity contribution is -0.133. The van der Waals surface area contributed by atoms with Crippen LogP contribution in [0, 0.1) is 0 Å². The van der Waals surface area contributed by atoms with E-state index in [1.807, 2.05) is 29.2 Å². The van der Waals surface area contributed by atoms with Crippen LogP contribution in [0.3, 0.4) is 0 Å². The molecule has 0 saturated carbocycles. The summed E-state index contributed by atoms with van der Waals surface area (Å²) in [6.07, 6.45) is 6.95. The van der Waals surface area contributed by atoms with E-state index in [4.69, 9.17) is 4.74 Å². The smallest absolute Gasteiger partial charge is 0.236 e. The highest BCUT2D eigenvalue weighted by atomic mass is 16.5. The van der Waals surface area contributed by atoms with Gasteiger partial charge >= 0.3 is 0 Å². The largest absolute Gasteiger partial charge is 0.489 e. The highest BCUT2D eigenvalue weighted by Crippen LogP contribution is 2.26. The van der Waals surface area contributed by atoms with Crippen LogP contribution in [-0.2, 0) is 11.3 Å². The van der Waals surface area contributed by atoms with Crippen LogP contribution >= 0.6 is 0 Å². The molecule has 1 unspecified atom stereocenters. The van der Waals surface area contributed by atoms with Crippen molar-refractivity contribution in [3.63, 3.8) is 0 Å². The van der Waals surface area contributed by atoms with E-state index in [9.17, 15) is 4.79 Å². The summed E-state index contributed by atoms with van der Waals surface area (Å²) in [4.78, 5) is 28.0. The SMILES string of the molecule is CCCCC1CN(CC(=O)N2CCN(c3ncccn3)CC2)Cc2ccccc2O1. The van der Waals surface area contributed by atoms with E-state index in [0.717, 1.165) is 62.7 Å². The van der Waals surface area contributed by atoms with Gasteiger partial charge in [-0.15, -0.1) is 0 Å². The fourth-order valence-corrected chi connectivity index (χ4v) is 4.16. The Bertz CT molecular complexity index is 823. The first-order chi connectivity index (χ1) is 14.7. The molecule has 2 aliphatic rings. The number of anilines is 1. The fourth-order valence-electron chi connectivity index (χ4n) is 4.16. The lowest BCUT2D eigenvalue weighted by Gasteiger charge is -2.35. The third-order valence-corrected chi connectivity index (χ3v) is 5.83. The second-order valence-electron chi connectivity index (χ2n) is 8.08. The number of para-hydroxylation sites is 1. The number of hydrogen-bond acceptors (Lipinski definition) is 6. The van der Waals surface area contributed by atoms with Gasteiger partial charge in [-0.3, -0.25) is 9.69 Å². The molecule has 160 valence electrons. The number of amides is 1. The molecule has 1 aromatic carbocycles. The van der Waals surface area contributed by atoms with E-state index < -0.39 is 0 Å². The molecule has 1 fully saturated rings. The van der Waals surface area contributed by atoms with Crippen molar-refractivity contribution in [1.82, 2.24) is 19.8 Å². The number of carbonyl (C=O) groups is 1. The molecule has 2 aliphatic heterocycles. The van der Waals surface area contributed by atoms with E-state index in [-0.39, 0.29) is 12.0 Å². The molecule has 4 rings (SSSR count). The summed E-state index contributed by atoms with van der Waals surface area (Å²) in [5.41, 5.74) is 1.16. The third kappa shape index (κ3) is 5.08. The zero-order valence-corrected chi connectivity index (χ0v) is 17.7. The maximum absolute atomic E-state index is 13.0. The number of ether oxygens (including phenoxy) is 1. The summed E-state index contributed by atoms with van der Waals surface area (Å²) in [7, 11) is 0. The Kier molecular flexibility index (Phi) is 6.79. The second kappa shape index (κ2) is 9.89. The van der Waals surface area contributed by atoms with Crippen molar-refractivity contribution in [2.45, 2.75) is 38.8 Å². The molecule has 1 saturated heterocycles. The van der Waals surface area contributed by atoms with Crippen molar-refractivity contribution >= 4 is 11.9 Å². The van der Waals surface area contributed by atoms with Crippen molar-refractivity contribution in [3.8, 4) is 5.75 Å². The van der Waals surface area contributed by atoms with Crippen molar-refractivity contribution in [1.29, 1.82) is 0 Å². The average Bonchev–Trinajstić information content (AvgIpc) is 2.97. The molecule has 1 atom stereocenters. The predicted molar refractivity (Wildman–Crippen MR) is 116 cm³/mol. The highest BCUT2D eigenvalue weighted by Gasteiger charge is 2.27. The van der Waals surface area contributed by atoms with Gasteiger partial charge in [-0.2, -0.15) is 0 Å². The monoisotopic (exact) mass is 409 g/mol. The van der Waals surface area contributed by atoms with Gasteiger partial charge in [0.2, 0.25) is 11.9 Å². The van der Waals surface area contributed by atoms with E-state index in [2.05, 4.69) is 32.8 Å². The van der Waals surface area contributed by atoms with Crippen molar-refractivity contribution in [2.75, 3.05) is 44.2 Å². The maximum atomic E-state index is 13.0. The number of unbranched alkanes of at least 4 members (excludes halogenated alkanes) is 1. The Morgan fingerprint density at radius 2 is 1.87 bits per heavy atom. The molecule has 1 aromatic heterocycles. The van der Waals surface area contributed by atoms with Gasteiger partial charge < -0.3 is 14.5 Å². The standard InChI is InChI=1S/C23H31N5O2/c1-2-3-8-20-17-26(16-19-7-4-5-9-21(19)30-20)18-22(29)27-12-14-28(15-13-27)23-24-10-6-11-25-23/h4-7,9-11,20H,2-3,8,12-18H2,1H3. The Morgan fingerprint density at radius 1 is 1.10 bits per heavy atom. The van der Waals surface area contributed by atoms with Crippen LogP contribution in [0.5, 0.6) is 5.75 Å². The minimum Gasteiger partial charge on any atom is -0.489 e. The molecular weight excluding hydrogens is 378 g/mol. The molecule has 0 aliphatic carbocycles. The quantitative estimate of drug-likeness (QED) is 0.731. The Morgan fingerprint density at radius 3 is 2.63 bits per heavy atom. The van der Waals surface area contributed by atoms with Crippen LogP contribution in [0.1, 0.15) is 31.7 Å². The summed E-state index contributed by atoms with van der Waals surface area (Å²) in [5.74, 6) is 1.90. The summed E-state index contributed by atoms with van der Waals surface area (Å²) < 4.78 is 6.29. The van der Waals surface area contributed by atoms with Crippen LogP contribution in [-0.4, -0.2) is 71.0 Å². The van der Waals surface area contributed by atoms with Crippen molar-refractivity contribution < 1.29 is 9.53 Å². The first-order valence-electron chi connectivity index (χ1n) is 11.0. The minimum atomic E-state index is 0.133. The first kappa shape index (κ1) is 20.6. The number of aromatic nitrogens is 2. The maximum Gasteiger partial charge on any atom is 0.236 e. The Hall–Kier alpha value is -2.67. The van der Waals surface area contributed by atoms with Gasteiger partial charge in [0.05, 0.1) is 6.54 Å². The zero-order chi connectivity index (χ0) is 20.8. The lowest BCUT2D eigenvalue weighted by atomic mass is 10.1. The Labute approximate surface area is 178 Å². The first-order valence-corrected chi connectivity index (χ1v) is 11.0. The summed E-state index contributed by atoms with van der Waals surface area (Å²) in [6.45, 7) is 7.12. The van der Waals surface area contributed by atoms with Crippen LogP contribution in [0.2, 0.25) is 0 Å². The summed E-state index contributed by atoms with van der Waals surface area (Å²) in [6, 6.07) is 10.0. The van der Waals surface area contributed by atoms with Gasteiger partial charge in [0.1, 0.15) is 11.9 Å². The highest BCUT2D eigenvalue weighted by molar-refractivity contribution is 5.78. The van der Waals surface area contributed by atoms with E-state index >= 15 is 0 Å². The topological polar surface area (TPSA) is 61.8 Å². The van der Waals surface area contributed by atoms with Crippen LogP contribution in [0.4, 0.5) is 5.95 Å². The summed E-state index contributed by atoms with van der Waals surface area (Å²) in [5, 5.41) is 0. The third-order valence-electron chi connectivity index (χ3n) is 5.83. The van der Waals surface area contributed by atoms with Gasteiger partial charge in [0, 0.05) is 57.2 Å². The van der Waals surface area contributed by atoms with E-state index in [0.29, 0.717) is 19.6 Å². The van der Waals surface area contributed by atoms with Gasteiger partial charge in [-0.1, -0.05) is 31.5 Å². The molecule has 7 nitrogen and oxygen atoms in total. The number of carbonyl (C=O) groups excluding carboxylic acids is 1. The van der Waals surface area contributed by atoms with Crippen LogP contribution in [0.15, 0.2) is 42.7 Å². The van der Waals surface area contributed by atoms with Crippen LogP contribution < -0.4 is 9.64 Å². The molecule has 3 heterocycles. The Balaban J connectivity index is 1.36. The number of hydrogen-bond donors (Lipinski definition) is 0. The number of fused-ring (bicyclic) bond motifs is 1. The van der Waals surface area contributed by atoms with Crippen LogP contribution in [0.25, 0.3) is 0 Å². The van der Waals surface area contributed by atoms with Gasteiger partial charge in [-0.25, -0.2) is 9.97 Å². The molecule has 30 heavy (non-hydrogen) atoms. The number of piperazine rings is 1. The van der Waals surface area contributed by atoms with Crippen molar-refractivity contribution in [2.24, 2.45) is 0 Å². The normalized spacial score (nSPS) is 19.7. The van der Waals surface area contributed by atoms with Gasteiger partial charge in [-0.05, 0) is 25.0 Å². The van der Waals surface area contributed by atoms with E-state index in [1.54, 1.807) is 12.4 Å². The summed E-state index contributed by atoms with van der Waals surface area (Å²) >= 11 is 0. The molecule has 0 bridgehead atoms. The molecule has 2 aromatic rings. The van der Waals surface area contributed by atoms with Crippen molar-refractivity contribution in [3.05, 3.63) is 48.3 Å². The molecular formula is C23H31N5O2. The lowest BCUT2D eigenvalue weighted by Crippen LogP contribution is -2.52. The van der Waals surface area contributed by atoms with E-state index in [1.165, 1.54) is 0 Å². The van der Waals surface area contributed by atoms with Gasteiger partial charge in [0.25, 0.3) is 0 Å². The molecule has 0 radical (unpaired) electrons. The molecule has 1 amide bonds. The molecule has 7 heteroatoms. The second-order valence-corrected chi connectivity index (χ2v) is 8.08. The molecule has 0 spiro atoms. The molecule has 0 N–H and O–H groups in total. The zero-order valence-electron chi connectivity index (χ0n) is 17.7. The predicted octanol–water partition coefficient (Wildman–Crippen LogP) is 2.58. The average molecular weight is 410 g/mol. The fraction of sp³-hybridized carbons (Fsp3) is 0.522. The van der Waals surface area contributed by atoms with Gasteiger partial charge in [0.15, 0.2) is 0 Å². The number of rotatable bonds is 6.